The fourth-order valence-corrected chi connectivity index (χ4v) is 0. The zero-order valence-corrected chi connectivity index (χ0v) is 3.85. The minimum Gasteiger partial charge on any atom is -0.183 e. The molecule has 0 radical (unpaired) electrons. The monoisotopic (exact) mass is 94.0 g/mol. The lowest BCUT2D eigenvalue weighted by Crippen LogP contribution is -1.85. The third kappa shape index (κ3) is 15.7. The van der Waals surface area contributed by atoms with Gasteiger partial charge in [-0.2, -0.15) is 22.9 Å². The third-order valence-electron chi connectivity index (χ3n) is 0. The SMILES string of the molecule is BB(Cl)Cl. The van der Waals surface area contributed by atoms with Crippen LogP contribution < -0.4 is 0 Å². The fraction of sp³-hybridized carbons (Fsp3) is 0. The summed E-state index contributed by atoms with van der Waals surface area (Å²) in [5.74, 6) is 0. The standard InChI is InChI=1S/B2Cl2H2/c1-2(3)4/h1H2. The van der Waals surface area contributed by atoms with Gasteiger partial charge in [0.2, 0.25) is 0 Å². The molecule has 0 N–H and O–H groups in total. The highest BCUT2D eigenvalue weighted by Gasteiger charge is 1.86. The first-order valence-electron chi connectivity index (χ1n) is 1.01. The molecule has 0 amide bonds. The van der Waals surface area contributed by atoms with E-state index in [1.165, 1.54) is 0 Å². The van der Waals surface area contributed by atoms with Crippen molar-refractivity contribution in [2.75, 3.05) is 0 Å². The van der Waals surface area contributed by atoms with Crippen LogP contribution in [0.25, 0.3) is 0 Å². The van der Waals surface area contributed by atoms with Gasteiger partial charge < -0.3 is 0 Å². The van der Waals surface area contributed by atoms with Gasteiger partial charge in [0.1, 0.15) is 7.74 Å². The summed E-state index contributed by atoms with van der Waals surface area (Å²) in [4.78, 5) is 0. The highest BCUT2D eigenvalue weighted by molar-refractivity contribution is 7.52. The topological polar surface area (TPSA) is 0 Å². The highest BCUT2D eigenvalue weighted by atomic mass is 35.5. The Morgan fingerprint density at radius 1 is 1.50 bits per heavy atom. The van der Waals surface area contributed by atoms with Crippen molar-refractivity contribution in [3.05, 3.63) is 0 Å². The second-order valence-electron chi connectivity index (χ2n) is 0.519. The summed E-state index contributed by atoms with van der Waals surface area (Å²) in [6, 6.07) is 0. The molecule has 4 heavy (non-hydrogen) atoms. The molecule has 0 aliphatic heterocycles. The Morgan fingerprint density at radius 2 is 1.50 bits per heavy atom. The van der Waals surface area contributed by atoms with E-state index in [4.69, 9.17) is 22.9 Å². The van der Waals surface area contributed by atoms with E-state index in [0.29, 0.717) is 0 Å². The predicted octanol–water partition coefficient (Wildman–Crippen LogP) is 0.0820. The Hall–Kier alpha value is 0.710. The molecule has 0 aromatic rings. The molecule has 0 aromatic heterocycles. The maximum atomic E-state index is 5.04. The number of rotatable bonds is 0. The van der Waals surface area contributed by atoms with Crippen molar-refractivity contribution in [1.29, 1.82) is 0 Å². The van der Waals surface area contributed by atoms with Gasteiger partial charge in [-0.25, -0.2) is 0 Å². The van der Waals surface area contributed by atoms with E-state index in [9.17, 15) is 0 Å². The number of hydrogen-bond acceptors (Lipinski definition) is 0. The van der Waals surface area contributed by atoms with Crippen LogP contribution in [0.3, 0.4) is 0 Å². The third-order valence-corrected chi connectivity index (χ3v) is 0. The van der Waals surface area contributed by atoms with Gasteiger partial charge in [0.15, 0.2) is 0 Å². The summed E-state index contributed by atoms with van der Waals surface area (Å²) in [7, 11) is 1.70. The normalized spacial score (nSPS) is 6.50. The lowest BCUT2D eigenvalue weighted by molar-refractivity contribution is 4.05. The van der Waals surface area contributed by atoms with Gasteiger partial charge in [0.25, 0.3) is 0 Å². The maximum absolute atomic E-state index is 5.04. The lowest BCUT2D eigenvalue weighted by atomic mass is 9.77. The van der Waals surface area contributed by atoms with Gasteiger partial charge in [-0.3, -0.25) is 0 Å². The van der Waals surface area contributed by atoms with Crippen molar-refractivity contribution in [2.24, 2.45) is 0 Å². The Balaban J connectivity index is 2.32. The minimum atomic E-state index is -0.222. The van der Waals surface area contributed by atoms with Crippen molar-refractivity contribution >= 4 is 36.1 Å². The van der Waals surface area contributed by atoms with Gasteiger partial charge in [-0.1, -0.05) is 0 Å². The van der Waals surface area contributed by atoms with E-state index in [1.54, 1.807) is 7.74 Å². The van der Waals surface area contributed by atoms with Crippen LogP contribution in [0.4, 0.5) is 0 Å². The van der Waals surface area contributed by atoms with Crippen LogP contribution in [0.2, 0.25) is 0 Å². The van der Waals surface area contributed by atoms with Crippen LogP contribution in [-0.4, -0.2) is 13.2 Å². The van der Waals surface area contributed by atoms with Gasteiger partial charge in [0, 0.05) is 0 Å². The van der Waals surface area contributed by atoms with Crippen LogP contribution in [-0.2, 0) is 0 Å². The van der Waals surface area contributed by atoms with Crippen molar-refractivity contribution < 1.29 is 0 Å². The molecule has 0 nitrogen and oxygen atoms in total. The zero-order chi connectivity index (χ0) is 3.58. The molecule has 0 fully saturated rings. The van der Waals surface area contributed by atoms with Crippen molar-refractivity contribution in [3.63, 3.8) is 0 Å². The van der Waals surface area contributed by atoms with Gasteiger partial charge in [0.05, 0.1) is 0 Å². The summed E-state index contributed by atoms with van der Waals surface area (Å²) in [6.45, 7) is 0. The minimum absolute atomic E-state index is 0.222. The summed E-state index contributed by atoms with van der Waals surface area (Å²) in [5, 5.41) is 0. The largest absolute Gasteiger partial charge is 0.307 e. The summed E-state index contributed by atoms with van der Waals surface area (Å²) < 4.78 is 0. The Bertz CT molecular complexity index is 8.75. The molecule has 0 aliphatic rings. The lowest BCUT2D eigenvalue weighted by Gasteiger charge is -1.64. The molecule has 0 saturated carbocycles. The molecule has 0 aromatic carbocycles. The average molecular weight is 94.5 g/mol. The molecule has 0 spiro atoms. The number of hydrogen-bond donors (Lipinski definition) is 0. The van der Waals surface area contributed by atoms with Crippen LogP contribution in [0.1, 0.15) is 0 Å². The molecule has 0 unspecified atom stereocenters. The molecule has 0 saturated heterocycles. The van der Waals surface area contributed by atoms with Crippen LogP contribution in [0.5, 0.6) is 0 Å². The van der Waals surface area contributed by atoms with Gasteiger partial charge >= 0.3 is 5.43 Å². The molecular formula is H2B2Cl2. The Labute approximate surface area is 36.8 Å². The molecule has 0 rings (SSSR count). The quantitative estimate of drug-likeness (QED) is 0.373. The number of halogens is 2. The zero-order valence-electron chi connectivity index (χ0n) is 2.33. The Kier molecular flexibility index (Phi) is 2.33. The van der Waals surface area contributed by atoms with E-state index >= 15 is 0 Å². The first kappa shape index (κ1) is 4.71. The summed E-state index contributed by atoms with van der Waals surface area (Å²) >= 11 is 10.1. The van der Waals surface area contributed by atoms with Crippen LogP contribution in [0, 0.1) is 0 Å². The molecular weight excluding hydrogens is 92.5 g/mol. The summed E-state index contributed by atoms with van der Waals surface area (Å²) in [6.07, 6.45) is 0. The van der Waals surface area contributed by atoms with Gasteiger partial charge in [-0.15, -0.1) is 0 Å². The second-order valence-corrected chi connectivity index (χ2v) is 2.05. The summed E-state index contributed by atoms with van der Waals surface area (Å²) in [5.41, 5.74) is -0.222. The molecule has 4 heteroatoms. The first-order chi connectivity index (χ1) is 1.73. The molecule has 0 bridgehead atoms. The maximum Gasteiger partial charge on any atom is 0.307 e. The Morgan fingerprint density at radius 3 is 1.50 bits per heavy atom. The molecule has 22 valence electrons. The predicted molar refractivity (Wildman–Crippen MR) is 26.0 cm³/mol. The van der Waals surface area contributed by atoms with E-state index in [1.807, 2.05) is 0 Å². The van der Waals surface area contributed by atoms with E-state index in [0.717, 1.165) is 0 Å². The average Bonchev–Trinajstić information content (AvgIpc) is 0.811. The smallest absolute Gasteiger partial charge is 0.183 e. The van der Waals surface area contributed by atoms with E-state index in [-0.39, 0.29) is 5.43 Å². The molecule has 0 atom stereocenters. The fourth-order valence-electron chi connectivity index (χ4n) is 0. The second kappa shape index (κ2) is 1.98. The van der Waals surface area contributed by atoms with Crippen molar-refractivity contribution in [2.45, 2.75) is 0 Å². The molecule has 0 aliphatic carbocycles. The first-order valence-corrected chi connectivity index (χ1v) is 1.89. The molecule has 0 heterocycles. The van der Waals surface area contributed by atoms with E-state index < -0.39 is 0 Å². The van der Waals surface area contributed by atoms with Crippen molar-refractivity contribution in [1.82, 2.24) is 0 Å². The van der Waals surface area contributed by atoms with Crippen molar-refractivity contribution in [3.8, 4) is 0 Å². The van der Waals surface area contributed by atoms with Gasteiger partial charge in [-0.05, 0) is 0 Å². The highest BCUT2D eigenvalue weighted by Crippen LogP contribution is 1.83. The van der Waals surface area contributed by atoms with E-state index in [2.05, 4.69) is 0 Å². The van der Waals surface area contributed by atoms with Crippen LogP contribution in [0.15, 0.2) is 0 Å². The van der Waals surface area contributed by atoms with Crippen LogP contribution >= 0.6 is 22.9 Å².